The first kappa shape index (κ1) is 27.9. The monoisotopic (exact) mass is 612 g/mol. The molecule has 0 saturated carbocycles. The molecule has 0 spiro atoms. The Hall–Kier alpha value is -6.38. The molecule has 48 heavy (non-hydrogen) atoms. The van der Waals surface area contributed by atoms with Gasteiger partial charge in [-0.1, -0.05) is 133 Å². The molecule has 1 heterocycles. The third kappa shape index (κ3) is 4.83. The zero-order valence-electron chi connectivity index (χ0n) is 26.4. The fraction of sp³-hybridized carbons (Fsp3) is 0. The Morgan fingerprint density at radius 3 is 1.71 bits per heavy atom. The first-order chi connectivity index (χ1) is 23.8. The lowest BCUT2D eigenvalue weighted by molar-refractivity contribution is 1.18. The zero-order valence-corrected chi connectivity index (χ0v) is 26.4. The van der Waals surface area contributed by atoms with E-state index in [1.54, 1.807) is 0 Å². The smallest absolute Gasteiger partial charge is 0.0547 e. The van der Waals surface area contributed by atoms with Crippen LogP contribution in [0.15, 0.2) is 194 Å². The molecule has 0 amide bonds. The fourth-order valence-corrected chi connectivity index (χ4v) is 7.09. The molecule has 226 valence electrons. The first-order valence-corrected chi connectivity index (χ1v) is 16.4. The molecule has 1 aromatic heterocycles. The van der Waals surface area contributed by atoms with E-state index in [2.05, 4.69) is 204 Å². The van der Waals surface area contributed by atoms with E-state index < -0.39 is 0 Å². The van der Waals surface area contributed by atoms with Gasteiger partial charge in [0.15, 0.2) is 0 Å². The van der Waals surface area contributed by atoms with E-state index in [1.807, 2.05) is 0 Å². The molecule has 9 rings (SSSR count). The number of nitrogens with zero attached hydrogens (tertiary/aromatic N) is 2. The lowest BCUT2D eigenvalue weighted by atomic mass is 9.98. The number of para-hydroxylation sites is 3. The summed E-state index contributed by atoms with van der Waals surface area (Å²) in [6.07, 6.45) is 0. The molecule has 0 bridgehead atoms. The van der Waals surface area contributed by atoms with Crippen LogP contribution in [0.4, 0.5) is 17.1 Å². The molecule has 0 aliphatic rings. The van der Waals surface area contributed by atoms with Crippen molar-refractivity contribution in [1.82, 2.24) is 4.57 Å². The minimum atomic E-state index is 1.12. The number of hydrogen-bond donors (Lipinski definition) is 0. The number of rotatable bonds is 6. The summed E-state index contributed by atoms with van der Waals surface area (Å²) in [5, 5.41) is 4.99. The normalized spacial score (nSPS) is 11.3. The average Bonchev–Trinajstić information content (AvgIpc) is 3.50. The Bertz CT molecular complexity index is 2540. The van der Waals surface area contributed by atoms with Crippen LogP contribution in [0.1, 0.15) is 0 Å². The van der Waals surface area contributed by atoms with Crippen molar-refractivity contribution in [3.8, 4) is 27.9 Å². The summed E-state index contributed by atoms with van der Waals surface area (Å²) in [5.74, 6) is 0. The SMILES string of the molecule is c1ccc(N(c2ccc(-c3cccc(-c4ccc5c6ccccc6n(-c6ccccc6)c5c4)c3)cc2)c2cccc3ccccc23)cc1. The Balaban J connectivity index is 1.11. The second-order valence-electron chi connectivity index (χ2n) is 12.2. The number of hydrogen-bond acceptors (Lipinski definition) is 1. The molecular formula is C46H32N2. The number of fused-ring (bicyclic) bond motifs is 4. The molecule has 0 atom stereocenters. The van der Waals surface area contributed by atoms with Crippen LogP contribution in [0.25, 0.3) is 60.5 Å². The maximum Gasteiger partial charge on any atom is 0.0547 e. The summed E-state index contributed by atoms with van der Waals surface area (Å²) < 4.78 is 2.38. The highest BCUT2D eigenvalue weighted by atomic mass is 15.1. The quantitative estimate of drug-likeness (QED) is 0.181. The third-order valence-electron chi connectivity index (χ3n) is 9.36. The summed E-state index contributed by atoms with van der Waals surface area (Å²) in [6.45, 7) is 0. The van der Waals surface area contributed by atoms with E-state index in [0.717, 1.165) is 17.1 Å². The molecule has 0 radical (unpaired) electrons. The maximum absolute atomic E-state index is 2.38. The maximum atomic E-state index is 2.38. The standard InChI is InChI=1S/C46H32N2/c1-3-17-38(18-4-1)47(44-24-12-14-34-13-7-8-21-41(34)44)40-28-25-33(26-29-40)35-15-11-16-36(31-35)37-27-30-43-42-22-9-10-23-45(42)48(46(43)32-37)39-19-5-2-6-20-39/h1-32H. The van der Waals surface area contributed by atoms with Crippen LogP contribution in [-0.2, 0) is 0 Å². The van der Waals surface area contributed by atoms with Gasteiger partial charge in [-0.15, -0.1) is 0 Å². The van der Waals surface area contributed by atoms with E-state index in [1.165, 1.54) is 60.5 Å². The van der Waals surface area contributed by atoms with Crippen LogP contribution < -0.4 is 4.90 Å². The van der Waals surface area contributed by atoms with Crippen molar-refractivity contribution in [2.45, 2.75) is 0 Å². The second-order valence-corrected chi connectivity index (χ2v) is 12.2. The highest BCUT2D eigenvalue weighted by molar-refractivity contribution is 6.10. The molecule has 8 aromatic carbocycles. The summed E-state index contributed by atoms with van der Waals surface area (Å²) in [7, 11) is 0. The van der Waals surface area contributed by atoms with Gasteiger partial charge in [-0.05, 0) is 88.3 Å². The Labute approximate surface area is 280 Å². The lowest BCUT2D eigenvalue weighted by Crippen LogP contribution is -2.10. The minimum absolute atomic E-state index is 1.12. The Kier molecular flexibility index (Phi) is 6.84. The van der Waals surface area contributed by atoms with E-state index >= 15 is 0 Å². The molecule has 0 aliphatic carbocycles. The molecule has 0 fully saturated rings. The molecule has 0 saturated heterocycles. The second kappa shape index (κ2) is 11.8. The Morgan fingerprint density at radius 1 is 0.333 bits per heavy atom. The topological polar surface area (TPSA) is 8.17 Å². The van der Waals surface area contributed by atoms with E-state index in [-0.39, 0.29) is 0 Å². The van der Waals surface area contributed by atoms with Crippen molar-refractivity contribution in [2.24, 2.45) is 0 Å². The fourth-order valence-electron chi connectivity index (χ4n) is 7.09. The van der Waals surface area contributed by atoms with Crippen molar-refractivity contribution in [3.63, 3.8) is 0 Å². The summed E-state index contributed by atoms with van der Waals surface area (Å²) in [4.78, 5) is 2.35. The average molecular weight is 613 g/mol. The predicted molar refractivity (Wildman–Crippen MR) is 204 cm³/mol. The zero-order chi connectivity index (χ0) is 31.9. The van der Waals surface area contributed by atoms with Gasteiger partial charge in [0.25, 0.3) is 0 Å². The summed E-state index contributed by atoms with van der Waals surface area (Å²) in [5.41, 5.74) is 11.8. The van der Waals surface area contributed by atoms with E-state index in [0.29, 0.717) is 0 Å². The minimum Gasteiger partial charge on any atom is -0.310 e. The predicted octanol–water partition coefficient (Wildman–Crippen LogP) is 12.7. The van der Waals surface area contributed by atoms with Crippen molar-refractivity contribution in [3.05, 3.63) is 194 Å². The summed E-state index contributed by atoms with van der Waals surface area (Å²) in [6, 6.07) is 69.8. The van der Waals surface area contributed by atoms with E-state index in [9.17, 15) is 0 Å². The van der Waals surface area contributed by atoms with Gasteiger partial charge in [-0.2, -0.15) is 0 Å². The van der Waals surface area contributed by atoms with Gasteiger partial charge in [0.2, 0.25) is 0 Å². The summed E-state index contributed by atoms with van der Waals surface area (Å²) >= 11 is 0. The largest absolute Gasteiger partial charge is 0.310 e. The van der Waals surface area contributed by atoms with Gasteiger partial charge in [-0.25, -0.2) is 0 Å². The van der Waals surface area contributed by atoms with Crippen LogP contribution in [0.2, 0.25) is 0 Å². The van der Waals surface area contributed by atoms with Gasteiger partial charge >= 0.3 is 0 Å². The molecule has 0 N–H and O–H groups in total. The van der Waals surface area contributed by atoms with Crippen molar-refractivity contribution < 1.29 is 0 Å². The first-order valence-electron chi connectivity index (χ1n) is 16.4. The van der Waals surface area contributed by atoms with Crippen molar-refractivity contribution >= 4 is 49.6 Å². The van der Waals surface area contributed by atoms with Gasteiger partial charge < -0.3 is 9.47 Å². The highest BCUT2D eigenvalue weighted by Crippen LogP contribution is 2.40. The lowest BCUT2D eigenvalue weighted by Gasteiger charge is -2.27. The Morgan fingerprint density at radius 2 is 0.896 bits per heavy atom. The molecule has 0 unspecified atom stereocenters. The van der Waals surface area contributed by atoms with Gasteiger partial charge in [0, 0.05) is 33.2 Å². The molecule has 0 aliphatic heterocycles. The van der Waals surface area contributed by atoms with Gasteiger partial charge in [0.05, 0.1) is 16.7 Å². The molecular weight excluding hydrogens is 581 g/mol. The van der Waals surface area contributed by atoms with Crippen LogP contribution in [0.3, 0.4) is 0 Å². The van der Waals surface area contributed by atoms with Gasteiger partial charge in [0.1, 0.15) is 0 Å². The van der Waals surface area contributed by atoms with Crippen molar-refractivity contribution in [2.75, 3.05) is 4.90 Å². The van der Waals surface area contributed by atoms with Gasteiger partial charge in [-0.3, -0.25) is 0 Å². The number of anilines is 3. The highest BCUT2D eigenvalue weighted by Gasteiger charge is 2.16. The van der Waals surface area contributed by atoms with E-state index in [4.69, 9.17) is 0 Å². The van der Waals surface area contributed by atoms with Crippen LogP contribution in [0.5, 0.6) is 0 Å². The van der Waals surface area contributed by atoms with Crippen LogP contribution in [0, 0.1) is 0 Å². The molecule has 2 nitrogen and oxygen atoms in total. The number of benzene rings is 8. The molecule has 9 aromatic rings. The molecule has 2 heteroatoms. The third-order valence-corrected chi connectivity index (χ3v) is 9.36. The van der Waals surface area contributed by atoms with Crippen LogP contribution in [-0.4, -0.2) is 4.57 Å². The van der Waals surface area contributed by atoms with Crippen molar-refractivity contribution in [1.29, 1.82) is 0 Å². The number of aromatic nitrogens is 1. The van der Waals surface area contributed by atoms with Crippen LogP contribution >= 0.6 is 0 Å².